The van der Waals surface area contributed by atoms with Crippen molar-refractivity contribution in [1.82, 2.24) is 25.6 Å². The van der Waals surface area contributed by atoms with Crippen LogP contribution in [0.25, 0.3) is 0 Å². The molecule has 2 amide bonds. The van der Waals surface area contributed by atoms with Crippen molar-refractivity contribution in [3.8, 4) is 6.07 Å². The summed E-state index contributed by atoms with van der Waals surface area (Å²) in [4.78, 5) is 41.3. The molecule has 0 spiro atoms. The largest absolute Gasteiger partial charge is 0.394 e. The van der Waals surface area contributed by atoms with Crippen molar-refractivity contribution in [2.24, 2.45) is 10.8 Å². The fourth-order valence-corrected chi connectivity index (χ4v) is 5.85. The molecule has 288 valence electrons. The topological polar surface area (TPSA) is 177 Å². The molecule has 0 radical (unpaired) electrons. The number of pyridine rings is 1. The van der Waals surface area contributed by atoms with Crippen LogP contribution >= 0.6 is 0 Å². The molecule has 6 N–H and O–H groups in total. The number of rotatable bonds is 10. The van der Waals surface area contributed by atoms with E-state index in [0.29, 0.717) is 45.7 Å². The summed E-state index contributed by atoms with van der Waals surface area (Å²) in [5.41, 5.74) is 13.1. The van der Waals surface area contributed by atoms with Crippen LogP contribution < -0.4 is 36.8 Å². The van der Waals surface area contributed by atoms with E-state index in [-0.39, 0.29) is 22.6 Å². The third-order valence-electron chi connectivity index (χ3n) is 8.24. The zero-order valence-electron chi connectivity index (χ0n) is 34.1. The van der Waals surface area contributed by atoms with Gasteiger partial charge >= 0.3 is 0 Å². The summed E-state index contributed by atoms with van der Waals surface area (Å²) in [5.74, 6) is 1.87. The Bertz CT molecular complexity index is 2010. The summed E-state index contributed by atoms with van der Waals surface area (Å²) < 4.78 is 0. The van der Waals surface area contributed by atoms with Crippen LogP contribution in [0.1, 0.15) is 84.8 Å². The van der Waals surface area contributed by atoms with Gasteiger partial charge in [-0.2, -0.15) is 5.26 Å². The van der Waals surface area contributed by atoms with E-state index >= 15 is 0 Å². The number of anilines is 7. The minimum atomic E-state index is -0.173. The number of aryl methyl sites for hydroxylation is 3. The zero-order chi connectivity index (χ0) is 40.5. The maximum Gasteiger partial charge on any atom is 0.251 e. The number of aromatic nitrogens is 3. The van der Waals surface area contributed by atoms with Crippen molar-refractivity contribution in [1.29, 1.82) is 5.26 Å². The number of carbonyl (C=O) groups is 2. The lowest BCUT2D eigenvalue weighted by atomic mass is 9.96. The van der Waals surface area contributed by atoms with Crippen molar-refractivity contribution in [2.75, 3.05) is 67.4 Å². The van der Waals surface area contributed by atoms with Crippen molar-refractivity contribution in [3.05, 3.63) is 82.3 Å². The van der Waals surface area contributed by atoms with E-state index in [0.717, 1.165) is 41.3 Å². The summed E-state index contributed by atoms with van der Waals surface area (Å²) in [6, 6.07) is 15.0. The van der Waals surface area contributed by atoms with Gasteiger partial charge in [-0.25, -0.2) is 15.0 Å². The van der Waals surface area contributed by atoms with Gasteiger partial charge in [0.25, 0.3) is 11.8 Å². The molecule has 4 aromatic rings. The first-order valence-corrected chi connectivity index (χ1v) is 17.8. The average molecular weight is 736 g/mol. The van der Waals surface area contributed by atoms with Crippen LogP contribution in [-0.4, -0.2) is 68.0 Å². The third kappa shape index (κ3) is 11.6. The Morgan fingerprint density at radius 3 is 1.70 bits per heavy atom. The van der Waals surface area contributed by atoms with Crippen molar-refractivity contribution in [3.63, 3.8) is 0 Å². The number of nitriles is 1. The van der Waals surface area contributed by atoms with Gasteiger partial charge in [0.2, 0.25) is 0 Å². The fourth-order valence-electron chi connectivity index (χ4n) is 5.85. The quantitative estimate of drug-likeness (QED) is 0.112. The van der Waals surface area contributed by atoms with E-state index < -0.39 is 0 Å². The van der Waals surface area contributed by atoms with Crippen LogP contribution in [0.4, 0.5) is 40.2 Å². The van der Waals surface area contributed by atoms with E-state index in [2.05, 4.69) is 88.7 Å². The first kappa shape index (κ1) is 42.5. The molecule has 0 atom stereocenters. The Morgan fingerprint density at radius 2 is 1.24 bits per heavy atom. The zero-order valence-corrected chi connectivity index (χ0v) is 34.1. The van der Waals surface area contributed by atoms with E-state index in [1.54, 1.807) is 51.5 Å². The summed E-state index contributed by atoms with van der Waals surface area (Å²) >= 11 is 0. The SMILES string of the molecule is CNC(=O)c1ccc(C)c(Nc2nc(C)nc(N(C)CC(C)(C)C)c2C#N)c1.CNC(=O)c1ccc(C)c(Nc2nccc(N(C)CC(C)(C)C)c2N)c1. The highest BCUT2D eigenvalue weighted by Gasteiger charge is 2.22. The number of nitrogens with two attached hydrogens (primary N) is 1. The van der Waals surface area contributed by atoms with Crippen LogP contribution in [0.3, 0.4) is 0 Å². The molecule has 13 nitrogen and oxygen atoms in total. The number of nitrogen functional groups attached to an aromatic ring is 1. The molecule has 0 fully saturated rings. The summed E-state index contributed by atoms with van der Waals surface area (Å²) in [6.45, 7) is 20.3. The molecule has 0 saturated heterocycles. The Labute approximate surface area is 320 Å². The first-order valence-electron chi connectivity index (χ1n) is 17.8. The minimum absolute atomic E-state index is 0.0480. The van der Waals surface area contributed by atoms with Crippen LogP contribution in [0.2, 0.25) is 0 Å². The normalized spacial score (nSPS) is 11.0. The Kier molecular flexibility index (Phi) is 14.0. The molecule has 2 aromatic carbocycles. The predicted octanol–water partition coefficient (Wildman–Crippen LogP) is 7.11. The Balaban J connectivity index is 0.000000291. The second-order valence-corrected chi connectivity index (χ2v) is 15.8. The van der Waals surface area contributed by atoms with E-state index in [4.69, 9.17) is 5.73 Å². The second kappa shape index (κ2) is 17.7. The Morgan fingerprint density at radius 1 is 0.759 bits per heavy atom. The van der Waals surface area contributed by atoms with Crippen molar-refractivity contribution < 1.29 is 9.59 Å². The van der Waals surface area contributed by atoms with Crippen LogP contribution in [-0.2, 0) is 0 Å². The van der Waals surface area contributed by atoms with E-state index in [1.807, 2.05) is 51.0 Å². The average Bonchev–Trinajstić information content (AvgIpc) is 3.08. The molecule has 2 aromatic heterocycles. The molecule has 0 aliphatic carbocycles. The van der Waals surface area contributed by atoms with Gasteiger partial charge in [0, 0.05) is 70.0 Å². The molecular formula is C41H57N11O2. The number of benzene rings is 2. The molecule has 13 heteroatoms. The number of amides is 2. The number of hydrogen-bond acceptors (Lipinski definition) is 11. The second-order valence-electron chi connectivity index (χ2n) is 15.8. The van der Waals surface area contributed by atoms with Gasteiger partial charge in [-0.15, -0.1) is 0 Å². The minimum Gasteiger partial charge on any atom is -0.394 e. The van der Waals surface area contributed by atoms with Gasteiger partial charge in [-0.1, -0.05) is 53.7 Å². The van der Waals surface area contributed by atoms with Crippen LogP contribution in [0, 0.1) is 42.9 Å². The predicted molar refractivity (Wildman–Crippen MR) is 221 cm³/mol. The van der Waals surface area contributed by atoms with Crippen molar-refractivity contribution in [2.45, 2.75) is 62.3 Å². The number of hydrogen-bond donors (Lipinski definition) is 5. The highest BCUT2D eigenvalue weighted by atomic mass is 16.2. The molecule has 0 aliphatic heterocycles. The molecule has 0 unspecified atom stereocenters. The summed E-state index contributed by atoms with van der Waals surface area (Å²) in [6.07, 6.45) is 1.74. The van der Waals surface area contributed by atoms with Gasteiger partial charge < -0.3 is 36.8 Å². The van der Waals surface area contributed by atoms with Gasteiger partial charge in [0.15, 0.2) is 17.5 Å². The molecule has 0 saturated carbocycles. The summed E-state index contributed by atoms with van der Waals surface area (Å²) in [7, 11) is 7.16. The molecule has 4 rings (SSSR count). The highest BCUT2D eigenvalue weighted by molar-refractivity contribution is 5.96. The third-order valence-corrected chi connectivity index (χ3v) is 8.24. The first-order chi connectivity index (χ1) is 25.2. The smallest absolute Gasteiger partial charge is 0.251 e. The monoisotopic (exact) mass is 735 g/mol. The van der Waals surface area contributed by atoms with E-state index in [1.165, 1.54) is 0 Å². The molecule has 54 heavy (non-hydrogen) atoms. The van der Waals surface area contributed by atoms with Crippen molar-refractivity contribution >= 4 is 52.0 Å². The van der Waals surface area contributed by atoms with Crippen LogP contribution in [0.5, 0.6) is 0 Å². The fraction of sp³-hybridized carbons (Fsp3) is 0.415. The highest BCUT2D eigenvalue weighted by Crippen LogP contribution is 2.33. The standard InChI is InChI=1S/C21H28N6O.C20H29N5O/c1-13-8-9-15(20(28)23-6)10-17(13)26-18-16(11-22)19(25-14(2)24-18)27(7)12-21(3,4)5;1-13-7-8-14(19(26)22-5)11-15(13)24-18-17(21)16(9-10-23-18)25(6)12-20(2,3)4/h8-10H,12H2,1-7H3,(H,23,28)(H,24,25,26);7-11H,12,21H2,1-6H3,(H,22,26)(H,23,24). The van der Waals surface area contributed by atoms with Gasteiger partial charge in [-0.05, 0) is 73.1 Å². The molecule has 0 aliphatic rings. The summed E-state index contributed by atoms with van der Waals surface area (Å²) in [5, 5.41) is 21.6. The maximum atomic E-state index is 12.0. The van der Waals surface area contributed by atoms with E-state index in [9.17, 15) is 14.9 Å². The number of carbonyl (C=O) groups excluding carboxylic acids is 2. The lowest BCUT2D eigenvalue weighted by Crippen LogP contribution is -2.30. The Hall–Kier alpha value is -5.90. The molecule has 2 heterocycles. The number of nitrogens with one attached hydrogen (secondary N) is 4. The maximum absolute atomic E-state index is 12.0. The van der Waals surface area contributed by atoms with Gasteiger partial charge in [-0.3, -0.25) is 9.59 Å². The lowest BCUT2D eigenvalue weighted by molar-refractivity contribution is 0.0955. The number of nitrogens with zero attached hydrogens (tertiary/aromatic N) is 6. The lowest BCUT2D eigenvalue weighted by Gasteiger charge is -2.29. The van der Waals surface area contributed by atoms with Crippen LogP contribution in [0.15, 0.2) is 48.7 Å². The van der Waals surface area contributed by atoms with Gasteiger partial charge in [0.1, 0.15) is 17.5 Å². The van der Waals surface area contributed by atoms with Gasteiger partial charge in [0.05, 0.1) is 11.4 Å². The molecular weight excluding hydrogens is 679 g/mol. The molecule has 0 bridgehead atoms.